The van der Waals surface area contributed by atoms with Gasteiger partial charge in [-0.25, -0.2) is 4.98 Å². The fraction of sp³-hybridized carbons (Fsp3) is 0.368. The monoisotopic (exact) mass is 311 g/mol. The van der Waals surface area contributed by atoms with Gasteiger partial charge in [-0.3, -0.25) is 4.79 Å². The highest BCUT2D eigenvalue weighted by molar-refractivity contribution is 6.05. The Morgan fingerprint density at radius 2 is 1.65 bits per heavy atom. The van der Waals surface area contributed by atoms with Crippen LogP contribution in [0.15, 0.2) is 48.7 Å². The first kappa shape index (κ1) is 17.0. The van der Waals surface area contributed by atoms with Gasteiger partial charge in [-0.1, -0.05) is 32.0 Å². The SMILES string of the molecule is CCCN(CCC)c1ccc(C(=O)N(C)c2ccccc2)cn1. The molecule has 1 heterocycles. The van der Waals surface area contributed by atoms with Crippen LogP contribution in [0, 0.1) is 0 Å². The molecule has 0 unspecified atom stereocenters. The van der Waals surface area contributed by atoms with E-state index in [1.165, 1.54) is 0 Å². The van der Waals surface area contributed by atoms with Crippen molar-refractivity contribution < 1.29 is 4.79 Å². The number of benzene rings is 1. The molecule has 1 aromatic heterocycles. The molecule has 2 rings (SSSR count). The molecular formula is C19H25N3O. The molecule has 1 amide bonds. The molecule has 0 aliphatic rings. The van der Waals surface area contributed by atoms with E-state index in [-0.39, 0.29) is 5.91 Å². The molecule has 0 atom stereocenters. The zero-order chi connectivity index (χ0) is 16.7. The molecule has 0 aliphatic carbocycles. The van der Waals surface area contributed by atoms with Gasteiger partial charge in [-0.05, 0) is 37.1 Å². The second kappa shape index (κ2) is 8.32. The number of aromatic nitrogens is 1. The molecule has 0 radical (unpaired) electrons. The molecule has 0 aliphatic heterocycles. The van der Waals surface area contributed by atoms with E-state index in [4.69, 9.17) is 0 Å². The number of amides is 1. The van der Waals surface area contributed by atoms with Crippen molar-refractivity contribution in [2.75, 3.05) is 29.9 Å². The Kier molecular flexibility index (Phi) is 6.15. The molecular weight excluding hydrogens is 286 g/mol. The summed E-state index contributed by atoms with van der Waals surface area (Å²) >= 11 is 0. The van der Waals surface area contributed by atoms with Crippen LogP contribution in [0.2, 0.25) is 0 Å². The van der Waals surface area contributed by atoms with Crippen molar-refractivity contribution in [1.29, 1.82) is 0 Å². The minimum atomic E-state index is -0.0483. The molecule has 2 aromatic rings. The van der Waals surface area contributed by atoms with Gasteiger partial charge in [0, 0.05) is 32.0 Å². The predicted molar refractivity (Wildman–Crippen MR) is 96.2 cm³/mol. The van der Waals surface area contributed by atoms with Gasteiger partial charge in [-0.15, -0.1) is 0 Å². The number of para-hydroxylation sites is 1. The van der Waals surface area contributed by atoms with E-state index >= 15 is 0 Å². The largest absolute Gasteiger partial charge is 0.357 e. The van der Waals surface area contributed by atoms with Crippen LogP contribution in [0.25, 0.3) is 0 Å². The molecule has 0 spiro atoms. The minimum Gasteiger partial charge on any atom is -0.357 e. The van der Waals surface area contributed by atoms with Crippen molar-refractivity contribution in [3.8, 4) is 0 Å². The van der Waals surface area contributed by atoms with Gasteiger partial charge in [0.25, 0.3) is 5.91 Å². The third kappa shape index (κ3) is 4.31. The van der Waals surface area contributed by atoms with Gasteiger partial charge in [0.15, 0.2) is 0 Å². The summed E-state index contributed by atoms with van der Waals surface area (Å²) in [5.41, 5.74) is 1.48. The number of anilines is 2. The Hall–Kier alpha value is -2.36. The van der Waals surface area contributed by atoms with Crippen molar-refractivity contribution in [1.82, 2.24) is 4.98 Å². The second-order valence-corrected chi connectivity index (χ2v) is 5.59. The number of pyridine rings is 1. The summed E-state index contributed by atoms with van der Waals surface area (Å²) in [5, 5.41) is 0. The van der Waals surface area contributed by atoms with Crippen molar-refractivity contribution in [3.63, 3.8) is 0 Å². The van der Waals surface area contributed by atoms with Crippen LogP contribution in [0.1, 0.15) is 37.0 Å². The van der Waals surface area contributed by atoms with Crippen LogP contribution in [-0.4, -0.2) is 31.0 Å². The van der Waals surface area contributed by atoms with Gasteiger partial charge in [0.05, 0.1) is 5.56 Å². The van der Waals surface area contributed by atoms with Gasteiger partial charge in [0.1, 0.15) is 5.82 Å². The Labute approximate surface area is 138 Å². The molecule has 0 fully saturated rings. The fourth-order valence-electron chi connectivity index (χ4n) is 2.54. The highest BCUT2D eigenvalue weighted by Gasteiger charge is 2.14. The lowest BCUT2D eigenvalue weighted by Gasteiger charge is -2.23. The van der Waals surface area contributed by atoms with Gasteiger partial charge >= 0.3 is 0 Å². The lowest BCUT2D eigenvalue weighted by Crippen LogP contribution is -2.28. The van der Waals surface area contributed by atoms with E-state index in [0.717, 1.165) is 37.4 Å². The summed E-state index contributed by atoms with van der Waals surface area (Å²) < 4.78 is 0. The van der Waals surface area contributed by atoms with Crippen molar-refractivity contribution in [2.24, 2.45) is 0 Å². The number of hydrogen-bond donors (Lipinski definition) is 0. The first-order chi connectivity index (χ1) is 11.2. The lowest BCUT2D eigenvalue weighted by atomic mass is 10.2. The molecule has 4 heteroatoms. The summed E-state index contributed by atoms with van der Waals surface area (Å²) in [4.78, 5) is 20.9. The molecule has 4 nitrogen and oxygen atoms in total. The van der Waals surface area contributed by atoms with Crippen molar-refractivity contribution in [2.45, 2.75) is 26.7 Å². The number of carbonyl (C=O) groups is 1. The zero-order valence-electron chi connectivity index (χ0n) is 14.2. The van der Waals surface area contributed by atoms with Gasteiger partial charge in [-0.2, -0.15) is 0 Å². The maximum Gasteiger partial charge on any atom is 0.259 e. The van der Waals surface area contributed by atoms with E-state index in [1.807, 2.05) is 42.5 Å². The maximum absolute atomic E-state index is 12.5. The number of rotatable bonds is 7. The standard InChI is InChI=1S/C19H25N3O/c1-4-13-22(14-5-2)18-12-11-16(15-20-18)19(23)21(3)17-9-7-6-8-10-17/h6-12,15H,4-5,13-14H2,1-3H3. The van der Waals surface area contributed by atoms with E-state index in [9.17, 15) is 4.79 Å². The van der Waals surface area contributed by atoms with E-state index in [0.29, 0.717) is 5.56 Å². The molecule has 1 aromatic carbocycles. The predicted octanol–water partition coefficient (Wildman–Crippen LogP) is 3.98. The fourth-order valence-corrected chi connectivity index (χ4v) is 2.54. The average Bonchev–Trinajstić information content (AvgIpc) is 2.61. The topological polar surface area (TPSA) is 36.4 Å². The number of nitrogens with zero attached hydrogens (tertiary/aromatic N) is 3. The molecule has 0 bridgehead atoms. The zero-order valence-corrected chi connectivity index (χ0v) is 14.2. The highest BCUT2D eigenvalue weighted by atomic mass is 16.2. The summed E-state index contributed by atoms with van der Waals surface area (Å²) in [6, 6.07) is 13.4. The average molecular weight is 311 g/mol. The van der Waals surface area contributed by atoms with Crippen LogP contribution in [0.4, 0.5) is 11.5 Å². The van der Waals surface area contributed by atoms with Crippen LogP contribution in [0.3, 0.4) is 0 Å². The number of carbonyl (C=O) groups excluding carboxylic acids is 1. The molecule has 0 N–H and O–H groups in total. The molecule has 0 saturated carbocycles. The second-order valence-electron chi connectivity index (χ2n) is 5.59. The summed E-state index contributed by atoms with van der Waals surface area (Å²) in [5.74, 6) is 0.889. The highest BCUT2D eigenvalue weighted by Crippen LogP contribution is 2.17. The van der Waals surface area contributed by atoms with E-state index in [2.05, 4.69) is 23.7 Å². The Balaban J connectivity index is 2.13. The molecule has 0 saturated heterocycles. The Morgan fingerprint density at radius 1 is 1.00 bits per heavy atom. The number of hydrogen-bond acceptors (Lipinski definition) is 3. The van der Waals surface area contributed by atoms with Gasteiger partial charge < -0.3 is 9.80 Å². The first-order valence-electron chi connectivity index (χ1n) is 8.21. The minimum absolute atomic E-state index is 0.0483. The lowest BCUT2D eigenvalue weighted by molar-refractivity contribution is 0.0992. The summed E-state index contributed by atoms with van der Waals surface area (Å²) in [6.07, 6.45) is 3.84. The first-order valence-corrected chi connectivity index (χ1v) is 8.21. The third-order valence-electron chi connectivity index (χ3n) is 3.75. The van der Waals surface area contributed by atoms with E-state index < -0.39 is 0 Å². The van der Waals surface area contributed by atoms with Crippen LogP contribution >= 0.6 is 0 Å². The van der Waals surface area contributed by atoms with Crippen LogP contribution < -0.4 is 9.80 Å². The molecule has 122 valence electrons. The Morgan fingerprint density at radius 3 is 2.17 bits per heavy atom. The van der Waals surface area contributed by atoms with Crippen LogP contribution in [-0.2, 0) is 0 Å². The summed E-state index contributed by atoms with van der Waals surface area (Å²) in [6.45, 7) is 6.29. The third-order valence-corrected chi connectivity index (χ3v) is 3.75. The quantitative estimate of drug-likeness (QED) is 0.776. The maximum atomic E-state index is 12.5. The summed E-state index contributed by atoms with van der Waals surface area (Å²) in [7, 11) is 1.78. The van der Waals surface area contributed by atoms with E-state index in [1.54, 1.807) is 18.1 Å². The normalized spacial score (nSPS) is 10.4. The Bertz CT molecular complexity index is 604. The smallest absolute Gasteiger partial charge is 0.259 e. The van der Waals surface area contributed by atoms with Crippen molar-refractivity contribution in [3.05, 3.63) is 54.2 Å². The van der Waals surface area contributed by atoms with Gasteiger partial charge in [0.2, 0.25) is 0 Å². The van der Waals surface area contributed by atoms with Crippen LogP contribution in [0.5, 0.6) is 0 Å². The van der Waals surface area contributed by atoms with Crippen molar-refractivity contribution >= 4 is 17.4 Å². The molecule has 23 heavy (non-hydrogen) atoms.